The summed E-state index contributed by atoms with van der Waals surface area (Å²) >= 11 is 0. The minimum atomic E-state index is -0.650. The maximum absolute atomic E-state index is 11.1. The van der Waals surface area contributed by atoms with Crippen LogP contribution in [0.15, 0.2) is 49.1 Å². The van der Waals surface area contributed by atoms with Crippen molar-refractivity contribution in [2.45, 2.75) is 25.0 Å². The second-order valence-electron chi connectivity index (χ2n) is 6.75. The predicted molar refractivity (Wildman–Crippen MR) is 91.5 cm³/mol. The van der Waals surface area contributed by atoms with E-state index in [-0.39, 0.29) is 12.0 Å². The van der Waals surface area contributed by atoms with Crippen molar-refractivity contribution in [1.82, 2.24) is 14.5 Å². The van der Waals surface area contributed by atoms with Crippen molar-refractivity contribution in [3.63, 3.8) is 0 Å². The van der Waals surface area contributed by atoms with E-state index >= 15 is 0 Å². The van der Waals surface area contributed by atoms with E-state index in [9.17, 15) is 5.11 Å². The summed E-state index contributed by atoms with van der Waals surface area (Å²) in [5.41, 5.74) is 5.77. The molecule has 0 bridgehead atoms. The molecule has 0 amide bonds. The molecule has 0 radical (unpaired) electrons. The number of fused-ring (bicyclic) bond motifs is 4. The zero-order chi connectivity index (χ0) is 17.0. The number of rotatable bonds is 1. The molecule has 0 spiro atoms. The quantitative estimate of drug-likeness (QED) is 0.745. The number of aliphatic hydroxyl groups excluding tert-OH is 1. The van der Waals surface area contributed by atoms with Gasteiger partial charge in [-0.25, -0.2) is 4.98 Å². The molecule has 122 valence electrons. The van der Waals surface area contributed by atoms with Crippen LogP contribution in [0.25, 0.3) is 11.3 Å². The highest BCUT2D eigenvalue weighted by Gasteiger charge is 2.41. The second-order valence-corrected chi connectivity index (χ2v) is 6.75. The maximum Gasteiger partial charge on any atom is 0.101 e. The summed E-state index contributed by atoms with van der Waals surface area (Å²) in [7, 11) is 0. The van der Waals surface area contributed by atoms with Crippen molar-refractivity contribution < 1.29 is 5.11 Å². The molecular weight excluding hydrogens is 312 g/mol. The second kappa shape index (κ2) is 5.27. The van der Waals surface area contributed by atoms with Crippen LogP contribution in [0.5, 0.6) is 0 Å². The SMILES string of the molecule is N#Cc1cnc2c(c1)CC[C@H]([C@H]1c3ccccc3-c3cncn31)[C@H]2O. The Balaban J connectivity index is 1.60. The van der Waals surface area contributed by atoms with Crippen LogP contribution in [0.2, 0.25) is 0 Å². The fourth-order valence-electron chi connectivity index (χ4n) is 4.37. The molecular formula is C20H16N4O. The molecule has 3 heterocycles. The first-order chi connectivity index (χ1) is 12.3. The Kier molecular flexibility index (Phi) is 3.03. The summed E-state index contributed by atoms with van der Waals surface area (Å²) in [6.07, 6.45) is 6.32. The van der Waals surface area contributed by atoms with E-state index in [4.69, 9.17) is 5.26 Å². The van der Waals surface area contributed by atoms with Gasteiger partial charge in [0.25, 0.3) is 0 Å². The molecule has 5 nitrogen and oxygen atoms in total. The molecule has 25 heavy (non-hydrogen) atoms. The Bertz CT molecular complexity index is 1020. The van der Waals surface area contributed by atoms with Gasteiger partial charge in [-0.3, -0.25) is 4.98 Å². The number of hydrogen-bond acceptors (Lipinski definition) is 4. The summed E-state index contributed by atoms with van der Waals surface area (Å²) in [5.74, 6) is 0.0320. The van der Waals surface area contributed by atoms with Crippen molar-refractivity contribution in [3.8, 4) is 17.3 Å². The first kappa shape index (κ1) is 14.4. The Morgan fingerprint density at radius 2 is 2.12 bits per heavy atom. The predicted octanol–water partition coefficient (Wildman–Crippen LogP) is 3.02. The number of benzene rings is 1. The average Bonchev–Trinajstić information content (AvgIpc) is 3.23. The minimum Gasteiger partial charge on any atom is -0.386 e. The highest BCUT2D eigenvalue weighted by Crippen LogP contribution is 2.49. The summed E-state index contributed by atoms with van der Waals surface area (Å²) in [6, 6.07) is 12.4. The highest BCUT2D eigenvalue weighted by atomic mass is 16.3. The molecule has 2 aromatic heterocycles. The topological polar surface area (TPSA) is 74.7 Å². The Morgan fingerprint density at radius 3 is 3.00 bits per heavy atom. The number of nitrogens with zero attached hydrogens (tertiary/aromatic N) is 4. The van der Waals surface area contributed by atoms with E-state index < -0.39 is 6.10 Å². The number of hydrogen-bond donors (Lipinski definition) is 1. The lowest BCUT2D eigenvalue weighted by Crippen LogP contribution is -2.29. The summed E-state index contributed by atoms with van der Waals surface area (Å²) < 4.78 is 2.17. The lowest BCUT2D eigenvalue weighted by atomic mass is 9.77. The number of aromatic nitrogens is 3. The largest absolute Gasteiger partial charge is 0.386 e. The van der Waals surface area contributed by atoms with E-state index in [0.717, 1.165) is 24.1 Å². The summed E-state index contributed by atoms with van der Waals surface area (Å²) in [5, 5.41) is 20.1. The fraction of sp³-hybridized carbons (Fsp3) is 0.250. The van der Waals surface area contributed by atoms with Crippen LogP contribution in [0.3, 0.4) is 0 Å². The Morgan fingerprint density at radius 1 is 1.24 bits per heavy atom. The van der Waals surface area contributed by atoms with Gasteiger partial charge in [0.2, 0.25) is 0 Å². The van der Waals surface area contributed by atoms with E-state index in [1.165, 1.54) is 11.1 Å². The molecule has 0 saturated heterocycles. The molecule has 5 heteroatoms. The van der Waals surface area contributed by atoms with Gasteiger partial charge in [-0.1, -0.05) is 24.3 Å². The maximum atomic E-state index is 11.1. The number of nitriles is 1. The van der Waals surface area contributed by atoms with Gasteiger partial charge in [-0.05, 0) is 30.0 Å². The van der Waals surface area contributed by atoms with Crippen LogP contribution in [-0.4, -0.2) is 19.6 Å². The third kappa shape index (κ3) is 1.98. The lowest BCUT2D eigenvalue weighted by Gasteiger charge is -2.34. The first-order valence-corrected chi connectivity index (χ1v) is 8.46. The zero-order valence-electron chi connectivity index (χ0n) is 13.5. The minimum absolute atomic E-state index is 0.0320. The Hall–Kier alpha value is -2.97. The van der Waals surface area contributed by atoms with Gasteiger partial charge >= 0.3 is 0 Å². The highest BCUT2D eigenvalue weighted by molar-refractivity contribution is 5.69. The van der Waals surface area contributed by atoms with E-state index in [0.29, 0.717) is 11.3 Å². The average molecular weight is 328 g/mol. The van der Waals surface area contributed by atoms with Crippen LogP contribution in [0.4, 0.5) is 0 Å². The van der Waals surface area contributed by atoms with Crippen LogP contribution >= 0.6 is 0 Å². The Labute approximate surface area is 145 Å². The van der Waals surface area contributed by atoms with Crippen molar-refractivity contribution >= 4 is 0 Å². The number of aryl methyl sites for hydroxylation is 1. The monoisotopic (exact) mass is 328 g/mol. The third-order valence-corrected chi connectivity index (χ3v) is 5.49. The molecule has 3 aromatic rings. The van der Waals surface area contributed by atoms with Gasteiger partial charge in [0.1, 0.15) is 12.2 Å². The number of aliphatic hydroxyl groups is 1. The van der Waals surface area contributed by atoms with E-state index in [1.807, 2.05) is 30.7 Å². The van der Waals surface area contributed by atoms with Crippen molar-refractivity contribution in [2.24, 2.45) is 5.92 Å². The van der Waals surface area contributed by atoms with Crippen LogP contribution in [0.1, 0.15) is 41.0 Å². The zero-order valence-corrected chi connectivity index (χ0v) is 13.5. The van der Waals surface area contributed by atoms with Gasteiger partial charge in [-0.15, -0.1) is 0 Å². The van der Waals surface area contributed by atoms with Gasteiger partial charge in [0.05, 0.1) is 35.5 Å². The van der Waals surface area contributed by atoms with Gasteiger partial charge in [0, 0.05) is 17.7 Å². The number of pyridine rings is 1. The molecule has 5 rings (SSSR count). The molecule has 2 aliphatic rings. The van der Waals surface area contributed by atoms with E-state index in [1.54, 1.807) is 6.20 Å². The van der Waals surface area contributed by atoms with Crippen LogP contribution in [0, 0.1) is 17.2 Å². The lowest BCUT2D eigenvalue weighted by molar-refractivity contribution is 0.0679. The molecule has 3 atom stereocenters. The third-order valence-electron chi connectivity index (χ3n) is 5.49. The smallest absolute Gasteiger partial charge is 0.101 e. The normalized spacial score (nSPS) is 23.4. The molecule has 0 saturated carbocycles. The van der Waals surface area contributed by atoms with E-state index in [2.05, 4.69) is 32.7 Å². The molecule has 1 aliphatic heterocycles. The summed E-state index contributed by atoms with van der Waals surface area (Å²) in [6.45, 7) is 0. The summed E-state index contributed by atoms with van der Waals surface area (Å²) in [4.78, 5) is 8.70. The number of imidazole rings is 1. The molecule has 1 N–H and O–H groups in total. The van der Waals surface area contributed by atoms with Crippen molar-refractivity contribution in [3.05, 3.63) is 71.4 Å². The fourth-order valence-corrected chi connectivity index (χ4v) is 4.37. The molecule has 0 fully saturated rings. The van der Waals surface area contributed by atoms with Gasteiger partial charge < -0.3 is 9.67 Å². The molecule has 1 aliphatic carbocycles. The van der Waals surface area contributed by atoms with Gasteiger partial charge in [0.15, 0.2) is 0 Å². The first-order valence-electron chi connectivity index (χ1n) is 8.46. The standard InChI is InChI=1S/C20H16N4O/c21-8-12-7-13-5-6-16(20(25)18(13)23-9-12)19-15-4-2-1-3-14(15)17-10-22-11-24(17)19/h1-4,7,9-11,16,19-20,25H,5-6H2/t16-,19-,20-/m1/s1. The van der Waals surface area contributed by atoms with Crippen molar-refractivity contribution in [2.75, 3.05) is 0 Å². The molecule has 1 aromatic carbocycles. The van der Waals surface area contributed by atoms with Crippen LogP contribution in [-0.2, 0) is 6.42 Å². The van der Waals surface area contributed by atoms with Gasteiger partial charge in [-0.2, -0.15) is 5.26 Å². The van der Waals surface area contributed by atoms with Crippen molar-refractivity contribution in [1.29, 1.82) is 5.26 Å². The molecule has 0 unspecified atom stereocenters. The van der Waals surface area contributed by atoms with Crippen LogP contribution < -0.4 is 0 Å².